The molecule has 0 aliphatic heterocycles. The van der Waals surface area contributed by atoms with E-state index in [-0.39, 0.29) is 5.41 Å². The van der Waals surface area contributed by atoms with E-state index >= 15 is 0 Å². The molecule has 3 nitrogen and oxygen atoms in total. The lowest BCUT2D eigenvalue weighted by Crippen LogP contribution is -2.16. The van der Waals surface area contributed by atoms with Crippen molar-refractivity contribution in [3.8, 4) is 39.5 Å². The van der Waals surface area contributed by atoms with Crippen molar-refractivity contribution in [1.82, 2.24) is 14.5 Å². The molecule has 2 heterocycles. The molecule has 0 fully saturated rings. The van der Waals surface area contributed by atoms with Crippen molar-refractivity contribution in [2.75, 3.05) is 0 Å². The van der Waals surface area contributed by atoms with Crippen LogP contribution in [-0.4, -0.2) is 14.5 Å². The number of nitrogens with zero attached hydrogens (tertiary/aromatic N) is 3. The smallest absolute Gasteiger partial charge is 0.235 e. The monoisotopic (exact) mass is 763 g/mol. The van der Waals surface area contributed by atoms with E-state index < -0.39 is 0 Å². The molecule has 0 spiro atoms. The summed E-state index contributed by atoms with van der Waals surface area (Å²) in [7, 11) is 0. The van der Waals surface area contributed by atoms with Crippen molar-refractivity contribution < 1.29 is 0 Å². The second kappa shape index (κ2) is 12.2. The van der Waals surface area contributed by atoms with Gasteiger partial charge in [-0.1, -0.05) is 172 Å². The minimum atomic E-state index is -0.0919. The molecule has 0 amide bonds. The Balaban J connectivity index is 0.948. The zero-order chi connectivity index (χ0) is 39.7. The van der Waals surface area contributed by atoms with Crippen molar-refractivity contribution in [1.29, 1.82) is 0 Å². The van der Waals surface area contributed by atoms with Crippen molar-refractivity contribution in [3.05, 3.63) is 210 Å². The van der Waals surface area contributed by atoms with Crippen molar-refractivity contribution in [2.45, 2.75) is 19.3 Å². The maximum absolute atomic E-state index is 5.41. The fraction of sp³-hybridized carbons (Fsp3) is 0.0526. The quantitative estimate of drug-likeness (QED) is 0.179. The molecule has 9 aromatic carbocycles. The molecule has 60 heavy (non-hydrogen) atoms. The first-order valence-corrected chi connectivity index (χ1v) is 20.8. The normalized spacial score (nSPS) is 13.9. The lowest BCUT2D eigenvalue weighted by molar-refractivity contribution is 0.705. The van der Waals surface area contributed by atoms with Crippen LogP contribution in [0.15, 0.2) is 188 Å². The van der Waals surface area contributed by atoms with Crippen molar-refractivity contribution in [2.24, 2.45) is 0 Å². The summed E-state index contributed by atoms with van der Waals surface area (Å²) in [6.45, 7) is 4.78. The highest BCUT2D eigenvalue weighted by Gasteiger charge is 2.43. The molecule has 3 heteroatoms. The minimum Gasteiger partial charge on any atom is -0.278 e. The first-order chi connectivity index (χ1) is 29.5. The first kappa shape index (κ1) is 33.4. The van der Waals surface area contributed by atoms with Crippen LogP contribution in [0.2, 0.25) is 0 Å². The van der Waals surface area contributed by atoms with Crippen LogP contribution in [0.5, 0.6) is 0 Å². The Morgan fingerprint density at radius 3 is 1.88 bits per heavy atom. The summed E-state index contributed by atoms with van der Waals surface area (Å²) in [5, 5.41) is 8.58. The van der Waals surface area contributed by atoms with Gasteiger partial charge in [0, 0.05) is 27.1 Å². The van der Waals surface area contributed by atoms with E-state index in [4.69, 9.17) is 9.97 Å². The van der Waals surface area contributed by atoms with Crippen LogP contribution >= 0.6 is 0 Å². The fourth-order valence-corrected chi connectivity index (χ4v) is 10.6. The second-order valence-corrected chi connectivity index (χ2v) is 16.9. The summed E-state index contributed by atoms with van der Waals surface area (Å²) in [6, 6.07) is 68.5. The molecule has 0 saturated heterocycles. The van der Waals surface area contributed by atoms with E-state index in [0.717, 1.165) is 33.2 Å². The number of hydrogen-bond acceptors (Lipinski definition) is 2. The lowest BCUT2D eigenvalue weighted by atomic mass is 9.78. The van der Waals surface area contributed by atoms with Gasteiger partial charge in [0.15, 0.2) is 0 Å². The van der Waals surface area contributed by atoms with Crippen LogP contribution < -0.4 is 0 Å². The number of allylic oxidation sites excluding steroid dienone is 1. The predicted molar refractivity (Wildman–Crippen MR) is 251 cm³/mol. The average Bonchev–Trinajstić information content (AvgIpc) is 3.90. The van der Waals surface area contributed by atoms with E-state index in [1.165, 1.54) is 88.0 Å². The van der Waals surface area contributed by atoms with Gasteiger partial charge in [0.1, 0.15) is 0 Å². The summed E-state index contributed by atoms with van der Waals surface area (Å²) in [4.78, 5) is 10.7. The maximum atomic E-state index is 5.41. The SMILES string of the molecule is CC1(C)C2=C(c3cc(-c4ccc5c(c4)c4ccccc4n5-c4nc(-c5ccc(-c6cccc7ccccc67)cc5)c5ccccc5n4)ccc31)c1cccc3cccc2c13. The molecular weight excluding hydrogens is 727 g/mol. The third kappa shape index (κ3) is 4.60. The Morgan fingerprint density at radius 2 is 1.03 bits per heavy atom. The number of rotatable bonds is 4. The van der Waals surface area contributed by atoms with Crippen molar-refractivity contribution in [3.63, 3.8) is 0 Å². The summed E-state index contributed by atoms with van der Waals surface area (Å²) < 4.78 is 2.24. The van der Waals surface area contributed by atoms with Crippen LogP contribution in [0, 0.1) is 0 Å². The number of fused-ring (bicyclic) bond motifs is 9. The van der Waals surface area contributed by atoms with Gasteiger partial charge in [0.2, 0.25) is 5.95 Å². The van der Waals surface area contributed by atoms with Crippen molar-refractivity contribution >= 4 is 65.4 Å². The molecular formula is C57H37N3. The van der Waals surface area contributed by atoms with Gasteiger partial charge in [-0.2, -0.15) is 0 Å². The van der Waals surface area contributed by atoms with Crippen LogP contribution in [-0.2, 0) is 5.41 Å². The Bertz CT molecular complexity index is 3670. The van der Waals surface area contributed by atoms with E-state index in [1.807, 2.05) is 0 Å². The molecule has 13 rings (SSSR count). The van der Waals surface area contributed by atoms with Gasteiger partial charge < -0.3 is 0 Å². The Morgan fingerprint density at radius 1 is 0.417 bits per heavy atom. The molecule has 2 aliphatic carbocycles. The summed E-state index contributed by atoms with van der Waals surface area (Å²) >= 11 is 0. The average molecular weight is 764 g/mol. The van der Waals surface area contributed by atoms with Gasteiger partial charge in [-0.25, -0.2) is 9.97 Å². The molecule has 0 atom stereocenters. The molecule has 11 aromatic rings. The van der Waals surface area contributed by atoms with Gasteiger partial charge in [-0.15, -0.1) is 0 Å². The van der Waals surface area contributed by atoms with Gasteiger partial charge in [0.25, 0.3) is 0 Å². The Hall–Kier alpha value is -7.62. The van der Waals surface area contributed by atoms with E-state index in [0.29, 0.717) is 5.95 Å². The Kier molecular flexibility index (Phi) is 6.78. The molecule has 2 aliphatic rings. The zero-order valence-electron chi connectivity index (χ0n) is 33.2. The first-order valence-electron chi connectivity index (χ1n) is 20.8. The summed E-state index contributed by atoms with van der Waals surface area (Å²) in [5.74, 6) is 0.662. The fourth-order valence-electron chi connectivity index (χ4n) is 10.6. The highest BCUT2D eigenvalue weighted by Crippen LogP contribution is 2.59. The predicted octanol–water partition coefficient (Wildman–Crippen LogP) is 14.6. The summed E-state index contributed by atoms with van der Waals surface area (Å²) in [5.41, 5.74) is 18.1. The number of para-hydroxylation sites is 2. The highest BCUT2D eigenvalue weighted by molar-refractivity contribution is 6.22. The van der Waals surface area contributed by atoms with E-state index in [1.54, 1.807) is 0 Å². The second-order valence-electron chi connectivity index (χ2n) is 16.9. The van der Waals surface area contributed by atoms with Gasteiger partial charge in [-0.05, 0) is 108 Å². The standard InChI is InChI=1S/C57H37N3/c1-57(2)48-30-28-38(33-47(48)53-44-20-10-14-36-15-11-21-45(52(36)44)54(53)57)39-29-31-51-46(32-39)42-17-6-8-23-50(42)60(51)56-58-49-22-7-5-18-43(49)55(59-56)37-26-24-35(25-27-37)41-19-9-13-34-12-3-4-16-40(34)41/h3-33H,1-2H3. The van der Waals surface area contributed by atoms with E-state index in [9.17, 15) is 0 Å². The van der Waals surface area contributed by atoms with Gasteiger partial charge in [0.05, 0.1) is 22.2 Å². The number of aromatic nitrogens is 3. The van der Waals surface area contributed by atoms with Gasteiger partial charge >= 0.3 is 0 Å². The maximum Gasteiger partial charge on any atom is 0.235 e. The zero-order valence-corrected chi connectivity index (χ0v) is 33.2. The lowest BCUT2D eigenvalue weighted by Gasteiger charge is -2.25. The molecule has 0 unspecified atom stereocenters. The van der Waals surface area contributed by atoms with Crippen LogP contribution in [0.4, 0.5) is 0 Å². The van der Waals surface area contributed by atoms with Crippen LogP contribution in [0.3, 0.4) is 0 Å². The largest absolute Gasteiger partial charge is 0.278 e. The molecule has 0 bridgehead atoms. The highest BCUT2D eigenvalue weighted by atomic mass is 15.2. The topological polar surface area (TPSA) is 30.7 Å². The molecule has 0 saturated carbocycles. The van der Waals surface area contributed by atoms with Crippen LogP contribution in [0.25, 0.3) is 105 Å². The number of hydrogen-bond donors (Lipinski definition) is 0. The Labute approximate surface area is 347 Å². The van der Waals surface area contributed by atoms with E-state index in [2.05, 4.69) is 206 Å². The molecule has 2 aromatic heterocycles. The summed E-state index contributed by atoms with van der Waals surface area (Å²) in [6.07, 6.45) is 0. The van der Waals surface area contributed by atoms with Crippen LogP contribution in [0.1, 0.15) is 36.1 Å². The molecule has 0 N–H and O–H groups in total. The molecule has 280 valence electrons. The molecule has 0 radical (unpaired) electrons. The third-order valence-corrected chi connectivity index (χ3v) is 13.3. The third-order valence-electron chi connectivity index (χ3n) is 13.3. The number of benzene rings is 9. The minimum absolute atomic E-state index is 0.0919. The van der Waals surface area contributed by atoms with Gasteiger partial charge in [-0.3, -0.25) is 4.57 Å².